The van der Waals surface area contributed by atoms with Crippen LogP contribution >= 0.6 is 11.3 Å². The van der Waals surface area contributed by atoms with Crippen molar-refractivity contribution < 1.29 is 4.74 Å². The molecule has 0 bridgehead atoms. The summed E-state index contributed by atoms with van der Waals surface area (Å²) in [6.07, 6.45) is 0. The molecule has 1 aliphatic carbocycles. The Hall–Kier alpha value is -7.20. The van der Waals surface area contributed by atoms with Gasteiger partial charge in [-0.25, -0.2) is 0 Å². The lowest BCUT2D eigenvalue weighted by molar-refractivity contribution is 0.435. The second-order valence-corrected chi connectivity index (χ2v) is 16.6. The fraction of sp³-hybridized carbons (Fsp3) is 0.0182. The molecule has 0 radical (unpaired) electrons. The zero-order valence-electron chi connectivity index (χ0n) is 31.3. The molecule has 2 nitrogen and oxygen atoms in total. The maximum atomic E-state index is 6.93. The summed E-state index contributed by atoms with van der Waals surface area (Å²) in [4.78, 5) is 2.46. The van der Waals surface area contributed by atoms with E-state index in [1.54, 1.807) is 0 Å². The zero-order chi connectivity index (χ0) is 38.0. The number of rotatable bonds is 3. The highest BCUT2D eigenvalue weighted by molar-refractivity contribution is 7.26. The molecule has 13 rings (SSSR count). The Morgan fingerprint density at radius 1 is 0.397 bits per heavy atom. The lowest BCUT2D eigenvalue weighted by Crippen LogP contribution is -2.36. The van der Waals surface area contributed by atoms with Crippen molar-refractivity contribution in [1.82, 2.24) is 0 Å². The van der Waals surface area contributed by atoms with Gasteiger partial charge in [-0.1, -0.05) is 158 Å². The third-order valence-electron chi connectivity index (χ3n) is 12.7. The molecule has 2 heterocycles. The van der Waals surface area contributed by atoms with Crippen LogP contribution in [0.1, 0.15) is 22.3 Å². The Kier molecular flexibility index (Phi) is 6.56. The summed E-state index contributed by atoms with van der Waals surface area (Å²) in [6.45, 7) is 0. The van der Waals surface area contributed by atoms with Gasteiger partial charge < -0.3 is 9.64 Å². The van der Waals surface area contributed by atoms with Gasteiger partial charge in [0.05, 0.1) is 11.1 Å². The van der Waals surface area contributed by atoms with E-state index in [-0.39, 0.29) is 0 Å². The average Bonchev–Trinajstić information content (AvgIpc) is 3.67. The third-order valence-corrected chi connectivity index (χ3v) is 13.9. The van der Waals surface area contributed by atoms with E-state index in [4.69, 9.17) is 4.74 Å². The van der Waals surface area contributed by atoms with Crippen LogP contribution < -0.4 is 9.64 Å². The number of nitrogens with zero attached hydrogens (tertiary/aromatic N) is 1. The fourth-order valence-corrected chi connectivity index (χ4v) is 11.6. The lowest BCUT2D eigenvalue weighted by atomic mass is 9.58. The first-order valence-electron chi connectivity index (χ1n) is 19.9. The molecule has 0 N–H and O–H groups in total. The minimum absolute atomic E-state index is 0.633. The highest BCUT2D eigenvalue weighted by Crippen LogP contribution is 2.62. The molecule has 1 aromatic heterocycles. The number of hydrogen-bond donors (Lipinski definition) is 0. The monoisotopic (exact) mass is 755 g/mol. The van der Waals surface area contributed by atoms with Crippen molar-refractivity contribution in [2.75, 3.05) is 4.90 Å². The summed E-state index contributed by atoms with van der Waals surface area (Å²) in [5, 5.41) is 10.1. The molecule has 0 saturated heterocycles. The van der Waals surface area contributed by atoms with Gasteiger partial charge in [0.25, 0.3) is 0 Å². The topological polar surface area (TPSA) is 12.5 Å². The number of anilines is 3. The van der Waals surface area contributed by atoms with Crippen molar-refractivity contribution in [3.8, 4) is 22.6 Å². The third kappa shape index (κ3) is 4.26. The van der Waals surface area contributed by atoms with Crippen LogP contribution in [0.15, 0.2) is 200 Å². The van der Waals surface area contributed by atoms with Crippen molar-refractivity contribution >= 4 is 80.9 Å². The number of ether oxygens (including phenoxy) is 1. The summed E-state index contributed by atoms with van der Waals surface area (Å²) < 4.78 is 9.53. The molecule has 270 valence electrons. The standard InChI is InChI=1S/C55H33NOS/c1-3-17-39-34(12-1)14-11-24-49(39)56(38-27-30-42-44-29-26-35-13-2-4-18-40(35)54(44)58-52(42)33-38)37-28-31-51-48(32-37)55(46-22-7-8-25-50(46)57-51)45-21-6-5-19-41(45)43-20-9-15-36-16-10-23-47(55)53(36)43/h1-33H. The molecule has 0 amide bonds. The number of benzene rings is 10. The van der Waals surface area contributed by atoms with Crippen molar-refractivity contribution in [2.24, 2.45) is 0 Å². The average molecular weight is 756 g/mol. The Balaban J connectivity index is 1.12. The molecule has 1 unspecified atom stereocenters. The minimum Gasteiger partial charge on any atom is -0.457 e. The highest BCUT2D eigenvalue weighted by Gasteiger charge is 2.49. The first-order valence-corrected chi connectivity index (χ1v) is 20.7. The van der Waals surface area contributed by atoms with Crippen molar-refractivity contribution in [2.45, 2.75) is 5.41 Å². The Bertz CT molecular complexity index is 3510. The first-order chi connectivity index (χ1) is 28.8. The van der Waals surface area contributed by atoms with Gasteiger partial charge in [0.15, 0.2) is 0 Å². The van der Waals surface area contributed by atoms with E-state index in [2.05, 4.69) is 205 Å². The second kappa shape index (κ2) is 11.9. The molecule has 10 aromatic carbocycles. The molecule has 11 aromatic rings. The Labute approximate surface area is 339 Å². The normalized spacial score (nSPS) is 15.1. The summed E-state index contributed by atoms with van der Waals surface area (Å²) in [5.74, 6) is 1.76. The summed E-state index contributed by atoms with van der Waals surface area (Å²) >= 11 is 1.89. The number of fused-ring (bicyclic) bond motifs is 14. The molecule has 0 saturated carbocycles. The number of para-hydroxylation sites is 1. The van der Waals surface area contributed by atoms with Gasteiger partial charge in [-0.05, 0) is 91.6 Å². The molecule has 1 aliphatic heterocycles. The van der Waals surface area contributed by atoms with E-state index >= 15 is 0 Å². The van der Waals surface area contributed by atoms with E-state index in [1.807, 2.05) is 11.3 Å². The van der Waals surface area contributed by atoms with Gasteiger partial charge in [0.1, 0.15) is 11.5 Å². The predicted octanol–water partition coefficient (Wildman–Crippen LogP) is 15.5. The van der Waals surface area contributed by atoms with Crippen LogP contribution in [0.4, 0.5) is 17.1 Å². The van der Waals surface area contributed by atoms with E-state index in [0.29, 0.717) is 0 Å². The maximum Gasteiger partial charge on any atom is 0.132 e. The van der Waals surface area contributed by atoms with Gasteiger partial charge in [-0.3, -0.25) is 0 Å². The summed E-state index contributed by atoms with van der Waals surface area (Å²) in [5.41, 5.74) is 10.1. The van der Waals surface area contributed by atoms with E-state index < -0.39 is 5.41 Å². The summed E-state index contributed by atoms with van der Waals surface area (Å²) in [6, 6.07) is 73.8. The molecule has 3 heteroatoms. The molecule has 0 fully saturated rings. The van der Waals surface area contributed by atoms with E-state index in [9.17, 15) is 0 Å². The van der Waals surface area contributed by atoms with Crippen LogP contribution in [0.3, 0.4) is 0 Å². The Morgan fingerprint density at radius 3 is 1.93 bits per heavy atom. The zero-order valence-corrected chi connectivity index (χ0v) is 32.1. The van der Waals surface area contributed by atoms with Gasteiger partial charge >= 0.3 is 0 Å². The minimum atomic E-state index is -0.633. The molecule has 58 heavy (non-hydrogen) atoms. The van der Waals surface area contributed by atoms with Crippen LogP contribution in [0, 0.1) is 0 Å². The van der Waals surface area contributed by atoms with Crippen LogP contribution in [0.2, 0.25) is 0 Å². The van der Waals surface area contributed by atoms with Crippen LogP contribution in [-0.2, 0) is 5.41 Å². The van der Waals surface area contributed by atoms with Gasteiger partial charge in [0.2, 0.25) is 0 Å². The van der Waals surface area contributed by atoms with Crippen molar-refractivity contribution in [3.63, 3.8) is 0 Å². The van der Waals surface area contributed by atoms with Gasteiger partial charge in [-0.15, -0.1) is 11.3 Å². The number of hydrogen-bond acceptors (Lipinski definition) is 3. The molecule has 1 atom stereocenters. The van der Waals surface area contributed by atoms with Crippen LogP contribution in [0.5, 0.6) is 11.5 Å². The predicted molar refractivity (Wildman–Crippen MR) is 244 cm³/mol. The van der Waals surface area contributed by atoms with Gasteiger partial charge in [0, 0.05) is 48.1 Å². The molecule has 2 aliphatic rings. The van der Waals surface area contributed by atoms with Gasteiger partial charge in [-0.2, -0.15) is 0 Å². The highest BCUT2D eigenvalue weighted by atomic mass is 32.1. The number of thiophene rings is 1. The molecular formula is C55H33NOS. The Morgan fingerprint density at radius 2 is 1.02 bits per heavy atom. The lowest BCUT2D eigenvalue weighted by Gasteiger charge is -2.45. The fourth-order valence-electron chi connectivity index (χ4n) is 10.3. The summed E-state index contributed by atoms with van der Waals surface area (Å²) in [7, 11) is 0. The van der Waals surface area contributed by atoms with E-state index in [0.717, 1.165) is 39.7 Å². The largest absolute Gasteiger partial charge is 0.457 e. The quantitative estimate of drug-likeness (QED) is 0.178. The van der Waals surface area contributed by atoms with Crippen LogP contribution in [-0.4, -0.2) is 0 Å². The molecule has 1 spiro atoms. The van der Waals surface area contributed by atoms with Crippen LogP contribution in [0.25, 0.3) is 63.6 Å². The molecular weight excluding hydrogens is 723 g/mol. The van der Waals surface area contributed by atoms with E-state index in [1.165, 1.54) is 74.7 Å². The van der Waals surface area contributed by atoms with Crippen molar-refractivity contribution in [1.29, 1.82) is 0 Å². The first kappa shape index (κ1) is 31.9. The van der Waals surface area contributed by atoms with Crippen molar-refractivity contribution in [3.05, 3.63) is 222 Å². The smallest absolute Gasteiger partial charge is 0.132 e. The second-order valence-electron chi connectivity index (χ2n) is 15.6. The maximum absolute atomic E-state index is 6.93. The SMILES string of the molecule is c1ccc2c(c1)Oc1ccc(N(c3ccc4c(c3)sc3c5ccccc5ccc43)c3cccc4ccccc34)cc1C21c2ccccc2-c2cccc3cccc1c23.